The molecule has 2 rings (SSSR count). The Kier molecular flexibility index (Phi) is 4.04. The fourth-order valence-electron chi connectivity index (χ4n) is 2.16. The maximum atomic E-state index is 12.0. The number of amides is 2. The van der Waals surface area contributed by atoms with Crippen molar-refractivity contribution < 1.29 is 14.3 Å². The van der Waals surface area contributed by atoms with Crippen LogP contribution in [-0.4, -0.2) is 31.5 Å². The van der Waals surface area contributed by atoms with Crippen molar-refractivity contribution in [1.29, 1.82) is 0 Å². The summed E-state index contributed by atoms with van der Waals surface area (Å²) in [4.78, 5) is 25.0. The zero-order chi connectivity index (χ0) is 13.8. The largest absolute Gasteiger partial charge is 0.497 e. The maximum absolute atomic E-state index is 12.0. The van der Waals surface area contributed by atoms with Gasteiger partial charge < -0.3 is 15.0 Å². The third-order valence-corrected chi connectivity index (χ3v) is 3.18. The third-order valence-electron chi connectivity index (χ3n) is 3.18. The van der Waals surface area contributed by atoms with E-state index in [0.29, 0.717) is 25.1 Å². The summed E-state index contributed by atoms with van der Waals surface area (Å²) < 4.78 is 5.15. The summed E-state index contributed by atoms with van der Waals surface area (Å²) in [6, 6.07) is 7.26. The van der Waals surface area contributed by atoms with Gasteiger partial charge in [-0.25, -0.2) is 0 Å². The highest BCUT2D eigenvalue weighted by molar-refractivity contribution is 5.97. The van der Waals surface area contributed by atoms with E-state index in [1.807, 2.05) is 24.3 Å². The molecule has 0 unspecified atom stereocenters. The predicted molar refractivity (Wildman–Crippen MR) is 72.2 cm³/mol. The number of rotatable bonds is 4. The fraction of sp³-hybridized carbons (Fsp3) is 0.429. The summed E-state index contributed by atoms with van der Waals surface area (Å²) in [6.45, 7) is 2.31. The van der Waals surface area contributed by atoms with Gasteiger partial charge in [0.15, 0.2) is 0 Å². The summed E-state index contributed by atoms with van der Waals surface area (Å²) >= 11 is 0. The summed E-state index contributed by atoms with van der Waals surface area (Å²) in [5, 5.41) is 2.85. The van der Waals surface area contributed by atoms with E-state index >= 15 is 0 Å². The molecule has 0 saturated carbocycles. The van der Waals surface area contributed by atoms with Crippen molar-refractivity contribution >= 4 is 17.5 Å². The van der Waals surface area contributed by atoms with Crippen LogP contribution in [0.15, 0.2) is 24.3 Å². The first-order chi connectivity index (χ1) is 9.13. The third kappa shape index (κ3) is 3.05. The summed E-state index contributed by atoms with van der Waals surface area (Å²) in [6.07, 6.45) is 0.785. The molecule has 0 spiro atoms. The van der Waals surface area contributed by atoms with Crippen LogP contribution < -0.4 is 15.0 Å². The summed E-state index contributed by atoms with van der Waals surface area (Å²) in [7, 11) is 1.59. The van der Waals surface area contributed by atoms with Crippen molar-refractivity contribution in [3.05, 3.63) is 24.3 Å². The standard InChI is InChI=1S/C14H18N2O3/c1-3-13(17)15-10-7-14(18)16(9-10)11-5-4-6-12(8-11)19-2/h4-6,8,10H,3,7,9H2,1-2H3,(H,15,17)/t10-/m0/s1. The van der Waals surface area contributed by atoms with Crippen LogP contribution >= 0.6 is 0 Å². The van der Waals surface area contributed by atoms with E-state index in [1.54, 1.807) is 18.9 Å². The Morgan fingerprint density at radius 2 is 2.32 bits per heavy atom. The molecule has 1 heterocycles. The van der Waals surface area contributed by atoms with Gasteiger partial charge in [-0.3, -0.25) is 9.59 Å². The number of carbonyl (C=O) groups is 2. The molecule has 1 aromatic rings. The van der Waals surface area contributed by atoms with Gasteiger partial charge in [-0.15, -0.1) is 0 Å². The summed E-state index contributed by atoms with van der Waals surface area (Å²) in [5.41, 5.74) is 0.803. The Bertz CT molecular complexity index is 487. The number of benzene rings is 1. The van der Waals surface area contributed by atoms with Crippen molar-refractivity contribution in [2.75, 3.05) is 18.6 Å². The van der Waals surface area contributed by atoms with E-state index in [-0.39, 0.29) is 17.9 Å². The van der Waals surface area contributed by atoms with Gasteiger partial charge >= 0.3 is 0 Å². The fourth-order valence-corrected chi connectivity index (χ4v) is 2.16. The number of hydrogen-bond acceptors (Lipinski definition) is 3. The molecule has 1 saturated heterocycles. The second-order valence-corrected chi connectivity index (χ2v) is 4.53. The van der Waals surface area contributed by atoms with Gasteiger partial charge in [-0.05, 0) is 12.1 Å². The minimum atomic E-state index is -0.105. The molecule has 1 N–H and O–H groups in total. The molecule has 1 fully saturated rings. The first-order valence-corrected chi connectivity index (χ1v) is 6.37. The molecule has 0 aromatic heterocycles. The number of carbonyl (C=O) groups excluding carboxylic acids is 2. The second-order valence-electron chi connectivity index (χ2n) is 4.53. The number of nitrogens with one attached hydrogen (secondary N) is 1. The minimum absolute atomic E-state index is 0.0228. The van der Waals surface area contributed by atoms with E-state index in [4.69, 9.17) is 4.74 Å². The molecule has 1 aromatic carbocycles. The van der Waals surface area contributed by atoms with Gasteiger partial charge in [0.25, 0.3) is 0 Å². The van der Waals surface area contributed by atoms with E-state index in [0.717, 1.165) is 5.69 Å². The molecule has 5 nitrogen and oxygen atoms in total. The smallest absolute Gasteiger partial charge is 0.229 e. The van der Waals surface area contributed by atoms with Crippen LogP contribution in [0, 0.1) is 0 Å². The number of ether oxygens (including phenoxy) is 1. The number of anilines is 1. The van der Waals surface area contributed by atoms with E-state index in [9.17, 15) is 9.59 Å². The molecule has 1 atom stereocenters. The van der Waals surface area contributed by atoms with Crippen LogP contribution in [0.1, 0.15) is 19.8 Å². The van der Waals surface area contributed by atoms with Crippen LogP contribution in [0.3, 0.4) is 0 Å². The van der Waals surface area contributed by atoms with Gasteiger partial charge in [0.1, 0.15) is 5.75 Å². The number of nitrogens with zero attached hydrogens (tertiary/aromatic N) is 1. The topological polar surface area (TPSA) is 58.6 Å². The van der Waals surface area contributed by atoms with Crippen LogP contribution in [0.4, 0.5) is 5.69 Å². The Morgan fingerprint density at radius 3 is 3.00 bits per heavy atom. The molecule has 1 aliphatic heterocycles. The molecule has 2 amide bonds. The average Bonchev–Trinajstić information content (AvgIpc) is 2.79. The molecule has 19 heavy (non-hydrogen) atoms. The van der Waals surface area contributed by atoms with Crippen molar-refractivity contribution in [1.82, 2.24) is 5.32 Å². The van der Waals surface area contributed by atoms with E-state index in [1.165, 1.54) is 0 Å². The lowest BCUT2D eigenvalue weighted by molar-refractivity contribution is -0.121. The molecule has 1 aliphatic rings. The van der Waals surface area contributed by atoms with Gasteiger partial charge in [-0.2, -0.15) is 0 Å². The normalized spacial score (nSPS) is 18.5. The molecule has 102 valence electrons. The first-order valence-electron chi connectivity index (χ1n) is 6.37. The molecule has 0 aliphatic carbocycles. The van der Waals surface area contributed by atoms with Crippen molar-refractivity contribution in [3.63, 3.8) is 0 Å². The van der Waals surface area contributed by atoms with Crippen LogP contribution in [0.5, 0.6) is 5.75 Å². The lowest BCUT2D eigenvalue weighted by Crippen LogP contribution is -2.36. The van der Waals surface area contributed by atoms with Crippen molar-refractivity contribution in [2.24, 2.45) is 0 Å². The Labute approximate surface area is 112 Å². The molecule has 0 radical (unpaired) electrons. The van der Waals surface area contributed by atoms with E-state index in [2.05, 4.69) is 5.32 Å². The van der Waals surface area contributed by atoms with Gasteiger partial charge in [0.2, 0.25) is 11.8 Å². The predicted octanol–water partition coefficient (Wildman–Crippen LogP) is 1.33. The molecule has 0 bridgehead atoms. The lowest BCUT2D eigenvalue weighted by Gasteiger charge is -2.17. The van der Waals surface area contributed by atoms with Crippen LogP contribution in [0.25, 0.3) is 0 Å². The zero-order valence-corrected chi connectivity index (χ0v) is 11.2. The van der Waals surface area contributed by atoms with E-state index < -0.39 is 0 Å². The highest BCUT2D eigenvalue weighted by Gasteiger charge is 2.31. The van der Waals surface area contributed by atoms with Crippen LogP contribution in [-0.2, 0) is 9.59 Å². The summed E-state index contributed by atoms with van der Waals surface area (Å²) in [5.74, 6) is 0.714. The highest BCUT2D eigenvalue weighted by atomic mass is 16.5. The quantitative estimate of drug-likeness (QED) is 0.890. The Morgan fingerprint density at radius 1 is 1.53 bits per heavy atom. The molecule has 5 heteroatoms. The monoisotopic (exact) mass is 262 g/mol. The number of methoxy groups -OCH3 is 1. The maximum Gasteiger partial charge on any atom is 0.229 e. The zero-order valence-electron chi connectivity index (χ0n) is 11.2. The highest BCUT2D eigenvalue weighted by Crippen LogP contribution is 2.25. The molecular formula is C14H18N2O3. The Hall–Kier alpha value is -2.04. The van der Waals surface area contributed by atoms with Gasteiger partial charge in [-0.1, -0.05) is 13.0 Å². The average molecular weight is 262 g/mol. The van der Waals surface area contributed by atoms with Gasteiger partial charge in [0.05, 0.1) is 13.2 Å². The lowest BCUT2D eigenvalue weighted by atomic mass is 10.2. The van der Waals surface area contributed by atoms with Gasteiger partial charge in [0, 0.05) is 31.1 Å². The number of hydrogen-bond donors (Lipinski definition) is 1. The SMILES string of the molecule is CCC(=O)N[C@H]1CC(=O)N(c2cccc(OC)c2)C1. The second kappa shape index (κ2) is 5.73. The van der Waals surface area contributed by atoms with Crippen molar-refractivity contribution in [3.8, 4) is 5.75 Å². The van der Waals surface area contributed by atoms with Crippen molar-refractivity contribution in [2.45, 2.75) is 25.8 Å². The Balaban J connectivity index is 2.08. The minimum Gasteiger partial charge on any atom is -0.497 e. The first kappa shape index (κ1) is 13.4. The van der Waals surface area contributed by atoms with Crippen LogP contribution in [0.2, 0.25) is 0 Å². The molecular weight excluding hydrogens is 244 g/mol.